The Balaban J connectivity index is 2.21. The maximum Gasteiger partial charge on any atom is 0.410 e. The van der Waals surface area contributed by atoms with Crippen LogP contribution in [0.2, 0.25) is 0 Å². The van der Waals surface area contributed by atoms with Crippen LogP contribution in [0.4, 0.5) is 4.79 Å². The molecule has 2 rings (SSSR count). The van der Waals surface area contributed by atoms with Gasteiger partial charge in [-0.25, -0.2) is 9.78 Å². The van der Waals surface area contributed by atoms with Crippen molar-refractivity contribution in [1.29, 1.82) is 0 Å². The van der Waals surface area contributed by atoms with E-state index in [9.17, 15) is 4.79 Å². The molecular formula is C21H27N3O2. The minimum absolute atomic E-state index is 0.219. The highest BCUT2D eigenvalue weighted by Crippen LogP contribution is 2.24. The van der Waals surface area contributed by atoms with E-state index in [0.29, 0.717) is 6.54 Å². The fourth-order valence-corrected chi connectivity index (χ4v) is 2.59. The first kappa shape index (κ1) is 19.6. The molecule has 2 aromatic rings. The van der Waals surface area contributed by atoms with Crippen molar-refractivity contribution in [3.63, 3.8) is 0 Å². The highest BCUT2D eigenvalue weighted by molar-refractivity contribution is 5.68. The Morgan fingerprint density at radius 1 is 1.35 bits per heavy atom. The molecule has 26 heavy (non-hydrogen) atoms. The monoisotopic (exact) mass is 353 g/mol. The highest BCUT2D eigenvalue weighted by Gasteiger charge is 2.27. The molecule has 5 heteroatoms. The van der Waals surface area contributed by atoms with Crippen LogP contribution in [0.3, 0.4) is 0 Å². The maximum absolute atomic E-state index is 12.6. The second kappa shape index (κ2) is 8.09. The Kier molecular flexibility index (Phi) is 6.10. The van der Waals surface area contributed by atoms with Crippen molar-refractivity contribution in [2.24, 2.45) is 0 Å². The van der Waals surface area contributed by atoms with Crippen molar-refractivity contribution in [3.05, 3.63) is 41.9 Å². The number of nitrogens with one attached hydrogen (secondary N) is 1. The summed E-state index contributed by atoms with van der Waals surface area (Å²) in [4.78, 5) is 22.0. The average molecular weight is 353 g/mol. The summed E-state index contributed by atoms with van der Waals surface area (Å²) in [5.41, 5.74) is 2.18. The van der Waals surface area contributed by atoms with Gasteiger partial charge in [-0.15, -0.1) is 6.42 Å². The fraction of sp³-hybridized carbons (Fsp3) is 0.429. The van der Waals surface area contributed by atoms with Gasteiger partial charge >= 0.3 is 6.09 Å². The molecule has 0 radical (unpaired) electrons. The summed E-state index contributed by atoms with van der Waals surface area (Å²) >= 11 is 0. The van der Waals surface area contributed by atoms with E-state index >= 15 is 0 Å². The van der Waals surface area contributed by atoms with Crippen LogP contribution in [0, 0.1) is 12.3 Å². The van der Waals surface area contributed by atoms with Gasteiger partial charge < -0.3 is 9.72 Å². The molecule has 0 spiro atoms. The van der Waals surface area contributed by atoms with Crippen LogP contribution in [-0.4, -0.2) is 33.1 Å². The Hall–Kier alpha value is -2.74. The molecule has 0 aliphatic carbocycles. The number of benzene rings is 1. The molecule has 0 bridgehead atoms. The molecule has 0 aliphatic heterocycles. The van der Waals surface area contributed by atoms with Gasteiger partial charge in [0.25, 0.3) is 0 Å². The second-order valence-corrected chi connectivity index (χ2v) is 7.25. The van der Waals surface area contributed by atoms with Crippen molar-refractivity contribution < 1.29 is 9.53 Å². The number of terminal acetylenes is 1. The number of ether oxygens (including phenoxy) is 1. The van der Waals surface area contributed by atoms with E-state index in [1.807, 2.05) is 58.9 Å². The molecule has 0 saturated carbocycles. The van der Waals surface area contributed by atoms with Crippen molar-refractivity contribution in [2.45, 2.75) is 52.7 Å². The van der Waals surface area contributed by atoms with E-state index in [2.05, 4.69) is 15.9 Å². The van der Waals surface area contributed by atoms with Gasteiger partial charge in [0.2, 0.25) is 0 Å². The van der Waals surface area contributed by atoms with Gasteiger partial charge in [0.1, 0.15) is 11.4 Å². The normalized spacial score (nSPS) is 12.3. The lowest BCUT2D eigenvalue weighted by Gasteiger charge is -2.30. The molecule has 1 heterocycles. The zero-order valence-corrected chi connectivity index (χ0v) is 16.2. The third-order valence-corrected chi connectivity index (χ3v) is 3.91. The zero-order valence-electron chi connectivity index (χ0n) is 16.2. The third kappa shape index (κ3) is 4.89. The Labute approximate surface area is 155 Å². The van der Waals surface area contributed by atoms with Gasteiger partial charge in [-0.05, 0) is 51.8 Å². The van der Waals surface area contributed by atoms with Gasteiger partial charge in [-0.1, -0.05) is 25.0 Å². The lowest BCUT2D eigenvalue weighted by molar-refractivity contribution is 0.0166. The zero-order chi connectivity index (χ0) is 19.3. The number of aromatic nitrogens is 2. The molecule has 1 aromatic carbocycles. The standard InChI is InChI=1S/C21H27N3O2/c1-7-13-24(20(25)26-21(4,5)6)15(3)19-22-14-18(23-19)17-11-9-16(8-2)10-12-17/h2,9-12,14-15H,7,13H2,1,3-6H3,(H,22,23)/t15-/m0/s1. The fourth-order valence-electron chi connectivity index (χ4n) is 2.59. The molecule has 1 N–H and O–H groups in total. The first-order valence-electron chi connectivity index (χ1n) is 8.86. The molecule has 0 saturated heterocycles. The van der Waals surface area contributed by atoms with Gasteiger partial charge in [0.15, 0.2) is 0 Å². The van der Waals surface area contributed by atoms with E-state index in [1.165, 1.54) is 0 Å². The summed E-state index contributed by atoms with van der Waals surface area (Å²) in [6, 6.07) is 7.47. The summed E-state index contributed by atoms with van der Waals surface area (Å²) in [7, 11) is 0. The van der Waals surface area contributed by atoms with Crippen molar-refractivity contribution in [2.75, 3.05) is 6.54 Å². The summed E-state index contributed by atoms with van der Waals surface area (Å²) in [6.07, 6.45) is 7.68. The average Bonchev–Trinajstić information content (AvgIpc) is 3.07. The number of imidazole rings is 1. The van der Waals surface area contributed by atoms with Gasteiger partial charge in [-0.3, -0.25) is 4.90 Å². The molecule has 1 atom stereocenters. The molecule has 0 aliphatic rings. The first-order valence-corrected chi connectivity index (χ1v) is 8.86. The highest BCUT2D eigenvalue weighted by atomic mass is 16.6. The molecule has 138 valence electrons. The number of nitrogens with zero attached hydrogens (tertiary/aromatic N) is 2. The minimum Gasteiger partial charge on any atom is -0.444 e. The van der Waals surface area contributed by atoms with Gasteiger partial charge in [0, 0.05) is 12.1 Å². The molecule has 0 unspecified atom stereocenters. The van der Waals surface area contributed by atoms with Crippen LogP contribution < -0.4 is 0 Å². The van der Waals surface area contributed by atoms with E-state index in [-0.39, 0.29) is 12.1 Å². The molecule has 0 fully saturated rings. The van der Waals surface area contributed by atoms with Crippen molar-refractivity contribution in [1.82, 2.24) is 14.9 Å². The Bertz CT molecular complexity index is 779. The maximum atomic E-state index is 12.6. The second-order valence-electron chi connectivity index (χ2n) is 7.25. The van der Waals surface area contributed by atoms with Crippen LogP contribution in [-0.2, 0) is 4.74 Å². The molecule has 1 amide bonds. The molecule has 1 aromatic heterocycles. The number of hydrogen-bond acceptors (Lipinski definition) is 3. The quantitative estimate of drug-likeness (QED) is 0.788. The summed E-state index contributed by atoms with van der Waals surface area (Å²) < 4.78 is 5.54. The van der Waals surface area contributed by atoms with Gasteiger partial charge in [0.05, 0.1) is 17.9 Å². The number of carbonyl (C=O) groups excluding carboxylic acids is 1. The van der Waals surface area contributed by atoms with E-state index < -0.39 is 5.60 Å². The lowest BCUT2D eigenvalue weighted by Crippen LogP contribution is -2.39. The number of amides is 1. The Morgan fingerprint density at radius 2 is 2.00 bits per heavy atom. The van der Waals surface area contributed by atoms with Crippen molar-refractivity contribution >= 4 is 6.09 Å². The van der Waals surface area contributed by atoms with Crippen molar-refractivity contribution in [3.8, 4) is 23.6 Å². The largest absolute Gasteiger partial charge is 0.444 e. The number of hydrogen-bond donors (Lipinski definition) is 1. The van der Waals surface area contributed by atoms with Gasteiger partial charge in [-0.2, -0.15) is 0 Å². The minimum atomic E-state index is -0.532. The van der Waals surface area contributed by atoms with Crippen LogP contribution >= 0.6 is 0 Å². The van der Waals surface area contributed by atoms with Crippen LogP contribution in [0.1, 0.15) is 58.5 Å². The summed E-state index contributed by atoms with van der Waals surface area (Å²) in [6.45, 7) is 10.2. The lowest BCUT2D eigenvalue weighted by atomic mass is 10.1. The smallest absolute Gasteiger partial charge is 0.410 e. The number of rotatable bonds is 5. The van der Waals surface area contributed by atoms with E-state index in [1.54, 1.807) is 11.1 Å². The van der Waals surface area contributed by atoms with E-state index in [0.717, 1.165) is 29.1 Å². The summed E-state index contributed by atoms with van der Waals surface area (Å²) in [5.74, 6) is 3.33. The first-order chi connectivity index (χ1) is 12.2. The van der Waals surface area contributed by atoms with E-state index in [4.69, 9.17) is 11.2 Å². The topological polar surface area (TPSA) is 58.2 Å². The predicted molar refractivity (Wildman–Crippen MR) is 104 cm³/mol. The SMILES string of the molecule is C#Cc1ccc(-c2cnc([C@H](C)N(CCC)C(=O)OC(C)(C)C)[nH]2)cc1. The summed E-state index contributed by atoms with van der Waals surface area (Å²) in [5, 5.41) is 0. The van der Waals surface area contributed by atoms with Crippen LogP contribution in [0.5, 0.6) is 0 Å². The molecular weight excluding hydrogens is 326 g/mol. The van der Waals surface area contributed by atoms with Crippen LogP contribution in [0.15, 0.2) is 30.5 Å². The molecule has 5 nitrogen and oxygen atoms in total. The third-order valence-electron chi connectivity index (χ3n) is 3.91. The number of H-pyrrole nitrogens is 1. The van der Waals surface area contributed by atoms with Crippen LogP contribution in [0.25, 0.3) is 11.3 Å². The number of aromatic amines is 1. The Morgan fingerprint density at radius 3 is 2.54 bits per heavy atom. The number of carbonyl (C=O) groups is 1. The predicted octanol–water partition coefficient (Wildman–Crippen LogP) is 4.77.